The Kier molecular flexibility index (Phi) is 5.51. The van der Waals surface area contributed by atoms with Crippen LogP contribution in [0.1, 0.15) is 15.7 Å². The van der Waals surface area contributed by atoms with Gasteiger partial charge in [0.05, 0.1) is 11.0 Å². The summed E-state index contributed by atoms with van der Waals surface area (Å²) in [6, 6.07) is 12.2. The molecule has 0 unspecified atom stereocenters. The minimum Gasteiger partial charge on any atom is -0.326 e. The molecule has 1 N–H and O–H groups in total. The SMILES string of the molecule is O=C(Cc1c(F)cccc1Cl)Nc1cccc(C2SCCS2)c1. The fourth-order valence-corrected chi connectivity index (χ4v) is 5.45. The van der Waals surface area contributed by atoms with Gasteiger partial charge in [-0.3, -0.25) is 4.79 Å². The molecule has 6 heteroatoms. The van der Waals surface area contributed by atoms with Crippen molar-refractivity contribution in [2.75, 3.05) is 16.8 Å². The molecule has 2 nitrogen and oxygen atoms in total. The van der Waals surface area contributed by atoms with E-state index in [9.17, 15) is 9.18 Å². The summed E-state index contributed by atoms with van der Waals surface area (Å²) in [5.74, 6) is 1.57. The summed E-state index contributed by atoms with van der Waals surface area (Å²) in [4.78, 5) is 12.2. The molecule has 1 aliphatic heterocycles. The Morgan fingerprint density at radius 1 is 1.22 bits per heavy atom. The monoisotopic (exact) mass is 367 g/mol. The molecule has 23 heavy (non-hydrogen) atoms. The van der Waals surface area contributed by atoms with Crippen LogP contribution in [0.5, 0.6) is 0 Å². The molecular weight excluding hydrogens is 353 g/mol. The molecule has 2 aromatic rings. The van der Waals surface area contributed by atoms with Gasteiger partial charge in [-0.05, 0) is 29.8 Å². The van der Waals surface area contributed by atoms with Crippen molar-refractivity contribution >= 4 is 46.7 Å². The fraction of sp³-hybridized carbons (Fsp3) is 0.235. The number of rotatable bonds is 4. The third-order valence-corrected chi connectivity index (χ3v) is 6.92. The molecule has 1 amide bonds. The van der Waals surface area contributed by atoms with Crippen LogP contribution in [-0.4, -0.2) is 17.4 Å². The van der Waals surface area contributed by atoms with E-state index < -0.39 is 5.82 Å². The summed E-state index contributed by atoms with van der Waals surface area (Å²) < 4.78 is 14.2. The summed E-state index contributed by atoms with van der Waals surface area (Å²) in [5, 5.41) is 3.10. The van der Waals surface area contributed by atoms with Gasteiger partial charge in [0.1, 0.15) is 5.82 Å². The third kappa shape index (κ3) is 4.22. The van der Waals surface area contributed by atoms with Gasteiger partial charge in [0.15, 0.2) is 0 Å². The van der Waals surface area contributed by atoms with Crippen LogP contribution >= 0.6 is 35.1 Å². The number of halogens is 2. The van der Waals surface area contributed by atoms with E-state index >= 15 is 0 Å². The average molecular weight is 368 g/mol. The summed E-state index contributed by atoms with van der Waals surface area (Å²) >= 11 is 9.79. The maximum Gasteiger partial charge on any atom is 0.228 e. The second-order valence-corrected chi connectivity index (χ2v) is 8.26. The third-order valence-electron chi connectivity index (χ3n) is 3.46. The molecule has 2 aromatic carbocycles. The Labute approximate surface area is 148 Å². The van der Waals surface area contributed by atoms with Gasteiger partial charge in [0.2, 0.25) is 5.91 Å². The van der Waals surface area contributed by atoms with Crippen LogP contribution in [0.4, 0.5) is 10.1 Å². The molecule has 3 rings (SSSR count). The summed E-state index contributed by atoms with van der Waals surface area (Å²) in [6.45, 7) is 0. The highest BCUT2D eigenvalue weighted by Gasteiger charge is 2.19. The molecule has 1 fully saturated rings. The lowest BCUT2D eigenvalue weighted by Gasteiger charge is -2.11. The van der Waals surface area contributed by atoms with E-state index in [1.165, 1.54) is 17.7 Å². The van der Waals surface area contributed by atoms with Crippen molar-refractivity contribution in [1.82, 2.24) is 0 Å². The van der Waals surface area contributed by atoms with Crippen molar-refractivity contribution in [3.8, 4) is 0 Å². The predicted molar refractivity (Wildman–Crippen MR) is 97.8 cm³/mol. The van der Waals surface area contributed by atoms with Crippen molar-refractivity contribution in [1.29, 1.82) is 0 Å². The Morgan fingerprint density at radius 2 is 1.96 bits per heavy atom. The van der Waals surface area contributed by atoms with Crippen LogP contribution in [0, 0.1) is 5.82 Å². The molecule has 0 saturated carbocycles. The Morgan fingerprint density at radius 3 is 2.70 bits per heavy atom. The molecule has 0 atom stereocenters. The van der Waals surface area contributed by atoms with Gasteiger partial charge in [-0.2, -0.15) is 0 Å². The zero-order valence-electron chi connectivity index (χ0n) is 12.2. The van der Waals surface area contributed by atoms with Gasteiger partial charge in [0.25, 0.3) is 0 Å². The number of anilines is 1. The standard InChI is InChI=1S/C17H15ClFNOS2/c18-14-5-2-6-15(19)13(14)10-16(21)20-12-4-1-3-11(9-12)17-22-7-8-23-17/h1-6,9,17H,7-8,10H2,(H,20,21). The van der Waals surface area contributed by atoms with E-state index in [2.05, 4.69) is 11.4 Å². The average Bonchev–Trinajstić information content (AvgIpc) is 3.06. The van der Waals surface area contributed by atoms with Crippen LogP contribution in [0.2, 0.25) is 5.02 Å². The minimum absolute atomic E-state index is 0.0807. The molecule has 120 valence electrons. The first-order chi connectivity index (χ1) is 11.1. The summed E-state index contributed by atoms with van der Waals surface area (Å²) in [6.07, 6.45) is -0.0807. The summed E-state index contributed by atoms with van der Waals surface area (Å²) in [7, 11) is 0. The Balaban J connectivity index is 1.69. The smallest absolute Gasteiger partial charge is 0.228 e. The van der Waals surface area contributed by atoms with E-state index in [-0.39, 0.29) is 22.9 Å². The first-order valence-electron chi connectivity index (χ1n) is 7.19. The lowest BCUT2D eigenvalue weighted by molar-refractivity contribution is -0.115. The first-order valence-corrected chi connectivity index (χ1v) is 9.67. The molecule has 1 saturated heterocycles. The lowest BCUT2D eigenvalue weighted by Crippen LogP contribution is -2.15. The molecule has 0 radical (unpaired) electrons. The van der Waals surface area contributed by atoms with Crippen LogP contribution in [-0.2, 0) is 11.2 Å². The first kappa shape index (κ1) is 16.7. The van der Waals surface area contributed by atoms with E-state index in [0.29, 0.717) is 4.58 Å². The number of carbonyl (C=O) groups excluding carboxylic acids is 1. The molecule has 0 aliphatic carbocycles. The molecular formula is C17H15ClFNOS2. The lowest BCUT2D eigenvalue weighted by atomic mass is 10.1. The minimum atomic E-state index is -0.458. The predicted octanol–water partition coefficient (Wildman–Crippen LogP) is 5.14. The zero-order chi connectivity index (χ0) is 16.2. The highest BCUT2D eigenvalue weighted by atomic mass is 35.5. The topological polar surface area (TPSA) is 29.1 Å². The number of benzene rings is 2. The van der Waals surface area contributed by atoms with E-state index in [0.717, 1.165) is 17.2 Å². The molecule has 1 aliphatic rings. The maximum absolute atomic E-state index is 13.7. The molecule has 0 bridgehead atoms. The number of hydrogen-bond donors (Lipinski definition) is 1. The number of hydrogen-bond acceptors (Lipinski definition) is 3. The molecule has 0 spiro atoms. The quantitative estimate of drug-likeness (QED) is 0.811. The number of carbonyl (C=O) groups is 1. The zero-order valence-corrected chi connectivity index (χ0v) is 14.6. The van der Waals surface area contributed by atoms with E-state index in [1.54, 1.807) is 6.07 Å². The maximum atomic E-state index is 13.7. The van der Waals surface area contributed by atoms with Crippen LogP contribution in [0.25, 0.3) is 0 Å². The number of nitrogens with one attached hydrogen (secondary N) is 1. The van der Waals surface area contributed by atoms with Gasteiger partial charge in [-0.15, -0.1) is 23.5 Å². The fourth-order valence-electron chi connectivity index (χ4n) is 2.38. The van der Waals surface area contributed by atoms with E-state index in [4.69, 9.17) is 11.6 Å². The number of amides is 1. The van der Waals surface area contributed by atoms with Crippen molar-refractivity contribution < 1.29 is 9.18 Å². The highest BCUT2D eigenvalue weighted by molar-refractivity contribution is 8.19. The Hall–Kier alpha value is -1.17. The van der Waals surface area contributed by atoms with Gasteiger partial charge >= 0.3 is 0 Å². The van der Waals surface area contributed by atoms with Crippen molar-refractivity contribution in [2.45, 2.75) is 11.0 Å². The van der Waals surface area contributed by atoms with E-state index in [1.807, 2.05) is 41.7 Å². The second kappa shape index (κ2) is 7.60. The summed E-state index contributed by atoms with van der Waals surface area (Å²) in [5.41, 5.74) is 2.15. The van der Waals surface area contributed by atoms with Crippen LogP contribution in [0.15, 0.2) is 42.5 Å². The largest absolute Gasteiger partial charge is 0.326 e. The second-order valence-electron chi connectivity index (χ2n) is 5.12. The molecule has 1 heterocycles. The normalized spacial score (nSPS) is 14.9. The van der Waals surface area contributed by atoms with Crippen LogP contribution < -0.4 is 5.32 Å². The number of thioether (sulfide) groups is 2. The van der Waals surface area contributed by atoms with Crippen molar-refractivity contribution in [3.63, 3.8) is 0 Å². The molecule has 0 aromatic heterocycles. The van der Waals surface area contributed by atoms with Gasteiger partial charge in [-0.25, -0.2) is 4.39 Å². The van der Waals surface area contributed by atoms with Gasteiger partial charge in [0, 0.05) is 27.8 Å². The van der Waals surface area contributed by atoms with Crippen molar-refractivity contribution in [2.24, 2.45) is 0 Å². The highest BCUT2D eigenvalue weighted by Crippen LogP contribution is 2.45. The van der Waals surface area contributed by atoms with Gasteiger partial charge < -0.3 is 5.32 Å². The van der Waals surface area contributed by atoms with Crippen LogP contribution in [0.3, 0.4) is 0 Å². The van der Waals surface area contributed by atoms with Gasteiger partial charge in [-0.1, -0.05) is 29.8 Å². The van der Waals surface area contributed by atoms with Crippen molar-refractivity contribution in [3.05, 3.63) is 64.4 Å². The Bertz CT molecular complexity index is 699.